The van der Waals surface area contributed by atoms with Crippen LogP contribution in [0.5, 0.6) is 5.75 Å². The number of alkyl carbamates (subject to hydrolysis) is 1. The van der Waals surface area contributed by atoms with E-state index in [0.29, 0.717) is 0 Å². The molecule has 0 fully saturated rings. The summed E-state index contributed by atoms with van der Waals surface area (Å²) in [5.74, 6) is -0.989. The van der Waals surface area contributed by atoms with Crippen molar-refractivity contribution in [3.63, 3.8) is 0 Å². The predicted octanol–water partition coefficient (Wildman–Crippen LogP) is 4.00. The van der Waals surface area contributed by atoms with Gasteiger partial charge in [-0.05, 0) is 26.8 Å². The van der Waals surface area contributed by atoms with Crippen LogP contribution in [0.1, 0.15) is 32.4 Å². The number of rotatable bonds is 6. The van der Waals surface area contributed by atoms with Crippen molar-refractivity contribution in [1.29, 1.82) is 0 Å². The minimum absolute atomic E-state index is 0.00850. The van der Waals surface area contributed by atoms with E-state index in [1.807, 2.05) is 5.32 Å². The van der Waals surface area contributed by atoms with Gasteiger partial charge < -0.3 is 14.8 Å². The fourth-order valence-corrected chi connectivity index (χ4v) is 1.72. The van der Waals surface area contributed by atoms with Crippen LogP contribution in [0.25, 0.3) is 0 Å². The second-order valence-electron chi connectivity index (χ2n) is 5.68. The summed E-state index contributed by atoms with van der Waals surface area (Å²) in [7, 11) is 0. The molecule has 1 rings (SSSR count). The zero-order chi connectivity index (χ0) is 17.6. The van der Waals surface area contributed by atoms with E-state index in [9.17, 15) is 22.4 Å². The second kappa shape index (κ2) is 8.03. The first-order valence-corrected chi connectivity index (χ1v) is 6.90. The van der Waals surface area contributed by atoms with Crippen LogP contribution >= 0.6 is 0 Å². The number of carbonyl (C=O) groups is 1. The number of halogens is 4. The number of nitrogens with one attached hydrogen (secondary N) is 1. The van der Waals surface area contributed by atoms with E-state index in [-0.39, 0.29) is 12.4 Å². The Labute approximate surface area is 131 Å². The van der Waals surface area contributed by atoms with Gasteiger partial charge >= 0.3 is 6.09 Å². The van der Waals surface area contributed by atoms with Crippen molar-refractivity contribution in [2.75, 3.05) is 13.3 Å². The van der Waals surface area contributed by atoms with E-state index in [2.05, 4.69) is 0 Å². The summed E-state index contributed by atoms with van der Waals surface area (Å²) in [5, 5.41) is 1.94. The molecule has 1 amide bonds. The Morgan fingerprint density at radius 2 is 1.96 bits per heavy atom. The Kier molecular flexibility index (Phi) is 6.65. The Bertz CT molecular complexity index is 532. The standard InChI is InChI=1S/C15H19F4NO3/c1-15(2,3)23-14(21)20-12(13(18)19)10-5-4-9(8-11(10)17)22-7-6-16/h4-5,8,12-13H,6-7H2,1-3H3,(H,20,21)/t12-/m1/s1. The van der Waals surface area contributed by atoms with Crippen molar-refractivity contribution in [2.24, 2.45) is 0 Å². The molecule has 1 atom stereocenters. The summed E-state index contributed by atoms with van der Waals surface area (Å²) in [5.41, 5.74) is -1.29. The Balaban J connectivity index is 2.91. The third kappa shape index (κ3) is 6.33. The van der Waals surface area contributed by atoms with Gasteiger partial charge in [0.25, 0.3) is 6.43 Å². The third-order valence-electron chi connectivity index (χ3n) is 2.58. The molecular formula is C15H19F4NO3. The van der Waals surface area contributed by atoms with Gasteiger partial charge in [0.05, 0.1) is 0 Å². The molecule has 8 heteroatoms. The lowest BCUT2D eigenvalue weighted by Crippen LogP contribution is -2.38. The third-order valence-corrected chi connectivity index (χ3v) is 2.58. The van der Waals surface area contributed by atoms with Gasteiger partial charge in [-0.25, -0.2) is 22.4 Å². The van der Waals surface area contributed by atoms with Crippen molar-refractivity contribution in [1.82, 2.24) is 5.32 Å². The molecule has 0 aliphatic heterocycles. The van der Waals surface area contributed by atoms with Crippen LogP contribution in [-0.4, -0.2) is 31.4 Å². The van der Waals surface area contributed by atoms with Crippen molar-refractivity contribution in [3.05, 3.63) is 29.6 Å². The molecule has 0 aromatic heterocycles. The second-order valence-corrected chi connectivity index (χ2v) is 5.68. The fraction of sp³-hybridized carbons (Fsp3) is 0.533. The highest BCUT2D eigenvalue weighted by Gasteiger charge is 2.29. The highest BCUT2D eigenvalue weighted by molar-refractivity contribution is 5.68. The molecule has 130 valence electrons. The van der Waals surface area contributed by atoms with E-state index in [0.717, 1.165) is 12.1 Å². The Morgan fingerprint density at radius 1 is 1.30 bits per heavy atom. The van der Waals surface area contributed by atoms with Crippen LogP contribution < -0.4 is 10.1 Å². The number of benzene rings is 1. The average molecular weight is 337 g/mol. The van der Waals surface area contributed by atoms with Crippen LogP contribution in [0.4, 0.5) is 22.4 Å². The number of carbonyl (C=O) groups excluding carboxylic acids is 1. The van der Waals surface area contributed by atoms with E-state index >= 15 is 0 Å². The minimum atomic E-state index is -3.05. The van der Waals surface area contributed by atoms with Gasteiger partial charge in [-0.2, -0.15) is 0 Å². The summed E-state index contributed by atoms with van der Waals surface area (Å²) in [6, 6.07) is 1.26. The maximum Gasteiger partial charge on any atom is 0.408 e. The largest absolute Gasteiger partial charge is 0.491 e. The SMILES string of the molecule is CC(C)(C)OC(=O)N[C@H](c1ccc(OCCF)cc1F)C(F)F. The highest BCUT2D eigenvalue weighted by Crippen LogP contribution is 2.27. The van der Waals surface area contributed by atoms with Crippen LogP contribution in [-0.2, 0) is 4.74 Å². The summed E-state index contributed by atoms with van der Waals surface area (Å²) in [6.07, 6.45) is -4.13. The maximum absolute atomic E-state index is 14.0. The maximum atomic E-state index is 14.0. The highest BCUT2D eigenvalue weighted by atomic mass is 19.3. The van der Waals surface area contributed by atoms with Crippen LogP contribution in [0.15, 0.2) is 18.2 Å². The normalized spacial score (nSPS) is 12.9. The summed E-state index contributed by atoms with van der Waals surface area (Å²) in [4.78, 5) is 11.6. The van der Waals surface area contributed by atoms with Gasteiger partial charge in [-0.15, -0.1) is 0 Å². The summed E-state index contributed by atoms with van der Waals surface area (Å²) >= 11 is 0. The van der Waals surface area contributed by atoms with E-state index in [1.165, 1.54) is 6.07 Å². The zero-order valence-corrected chi connectivity index (χ0v) is 13.0. The topological polar surface area (TPSA) is 47.6 Å². The molecule has 1 aromatic rings. The van der Waals surface area contributed by atoms with E-state index < -0.39 is 42.2 Å². The molecule has 1 N–H and O–H groups in total. The minimum Gasteiger partial charge on any atom is -0.491 e. The van der Waals surface area contributed by atoms with Gasteiger partial charge in [0, 0.05) is 11.6 Å². The molecule has 0 bridgehead atoms. The number of hydrogen-bond acceptors (Lipinski definition) is 3. The molecule has 4 nitrogen and oxygen atoms in total. The van der Waals surface area contributed by atoms with E-state index in [1.54, 1.807) is 20.8 Å². The van der Waals surface area contributed by atoms with Gasteiger partial charge in [-0.1, -0.05) is 6.07 Å². The number of hydrogen-bond donors (Lipinski definition) is 1. The van der Waals surface area contributed by atoms with Gasteiger partial charge in [-0.3, -0.25) is 0 Å². The molecule has 23 heavy (non-hydrogen) atoms. The lowest BCUT2D eigenvalue weighted by molar-refractivity contribution is 0.0369. The molecule has 0 heterocycles. The first-order chi connectivity index (χ1) is 10.6. The Morgan fingerprint density at radius 3 is 2.43 bits per heavy atom. The summed E-state index contributed by atoms with van der Waals surface area (Å²) < 4.78 is 62.0. The van der Waals surface area contributed by atoms with Crippen LogP contribution in [0.2, 0.25) is 0 Å². The first kappa shape index (κ1) is 19.1. The summed E-state index contributed by atoms with van der Waals surface area (Å²) in [6.45, 7) is 3.68. The molecule has 0 spiro atoms. The number of ether oxygens (including phenoxy) is 2. The molecule has 0 unspecified atom stereocenters. The predicted molar refractivity (Wildman–Crippen MR) is 76.0 cm³/mol. The molecule has 1 aromatic carbocycles. The average Bonchev–Trinajstić information content (AvgIpc) is 2.41. The van der Waals surface area contributed by atoms with Crippen molar-refractivity contribution >= 4 is 6.09 Å². The van der Waals surface area contributed by atoms with Gasteiger partial charge in [0.15, 0.2) is 0 Å². The fourth-order valence-electron chi connectivity index (χ4n) is 1.72. The lowest BCUT2D eigenvalue weighted by atomic mass is 10.1. The zero-order valence-electron chi connectivity index (χ0n) is 13.0. The molecule has 0 radical (unpaired) electrons. The van der Waals surface area contributed by atoms with Gasteiger partial charge in [0.1, 0.15) is 36.5 Å². The van der Waals surface area contributed by atoms with E-state index in [4.69, 9.17) is 9.47 Å². The number of alkyl halides is 3. The Hall–Kier alpha value is -1.99. The molecule has 0 aliphatic rings. The quantitative estimate of drug-likeness (QED) is 0.798. The van der Waals surface area contributed by atoms with Crippen LogP contribution in [0, 0.1) is 5.82 Å². The first-order valence-electron chi connectivity index (χ1n) is 6.90. The van der Waals surface area contributed by atoms with Crippen molar-refractivity contribution in [3.8, 4) is 5.75 Å². The molecular weight excluding hydrogens is 318 g/mol. The molecule has 0 aliphatic carbocycles. The number of amides is 1. The smallest absolute Gasteiger partial charge is 0.408 e. The van der Waals surface area contributed by atoms with Crippen molar-refractivity contribution in [2.45, 2.75) is 38.8 Å². The molecule has 0 saturated heterocycles. The molecule has 0 saturated carbocycles. The monoisotopic (exact) mass is 337 g/mol. The van der Waals surface area contributed by atoms with Crippen LogP contribution in [0.3, 0.4) is 0 Å². The van der Waals surface area contributed by atoms with Crippen molar-refractivity contribution < 1.29 is 31.8 Å². The van der Waals surface area contributed by atoms with Gasteiger partial charge in [0.2, 0.25) is 0 Å². The lowest BCUT2D eigenvalue weighted by Gasteiger charge is -2.24.